The molecule has 2 aromatic rings. The molecule has 1 aromatic heterocycles. The van der Waals surface area contributed by atoms with Gasteiger partial charge in [-0.1, -0.05) is 31.0 Å². The van der Waals surface area contributed by atoms with Crippen LogP contribution in [0.2, 0.25) is 0 Å². The molecule has 1 saturated heterocycles. The molecule has 4 heteroatoms. The third-order valence-electron chi connectivity index (χ3n) is 5.74. The van der Waals surface area contributed by atoms with Crippen LogP contribution in [0.25, 0.3) is 10.1 Å². The molecule has 130 valence electrons. The van der Waals surface area contributed by atoms with Gasteiger partial charge in [0.15, 0.2) is 0 Å². The number of likely N-dealkylation sites (tertiary alicyclic amines) is 1. The molecule has 2 aliphatic rings. The molecule has 1 aliphatic carbocycles. The maximum atomic E-state index is 10.5. The zero-order valence-corrected chi connectivity index (χ0v) is 15.1. The summed E-state index contributed by atoms with van der Waals surface area (Å²) in [5, 5.41) is 15.4. The maximum absolute atomic E-state index is 10.5. The Morgan fingerprint density at radius 3 is 2.62 bits per heavy atom. The van der Waals surface area contributed by atoms with Crippen LogP contribution in [-0.2, 0) is 0 Å². The van der Waals surface area contributed by atoms with Crippen molar-refractivity contribution in [1.29, 1.82) is 0 Å². The molecule has 1 unspecified atom stereocenters. The first-order chi connectivity index (χ1) is 11.8. The molecule has 1 atom stereocenters. The lowest BCUT2D eigenvalue weighted by molar-refractivity contribution is 0.130. The minimum Gasteiger partial charge on any atom is -0.386 e. The second-order valence-electron chi connectivity index (χ2n) is 7.36. The smallest absolute Gasteiger partial charge is 0.101 e. The van der Waals surface area contributed by atoms with E-state index in [1.54, 1.807) is 11.3 Å². The Labute approximate surface area is 148 Å². The minimum atomic E-state index is -0.393. The third-order valence-corrected chi connectivity index (χ3v) is 6.96. The van der Waals surface area contributed by atoms with Crippen molar-refractivity contribution in [3.8, 4) is 0 Å². The molecule has 0 spiro atoms. The zero-order valence-electron chi connectivity index (χ0n) is 14.3. The van der Waals surface area contributed by atoms with Crippen LogP contribution in [0.5, 0.6) is 0 Å². The lowest BCUT2D eigenvalue weighted by Gasteiger charge is -2.36. The van der Waals surface area contributed by atoms with E-state index in [4.69, 9.17) is 0 Å². The predicted molar refractivity (Wildman–Crippen MR) is 102 cm³/mol. The summed E-state index contributed by atoms with van der Waals surface area (Å²) in [6, 6.07) is 11.9. The van der Waals surface area contributed by atoms with Crippen molar-refractivity contribution in [3.05, 3.63) is 35.2 Å². The molecule has 1 saturated carbocycles. The van der Waals surface area contributed by atoms with Crippen LogP contribution in [0, 0.1) is 0 Å². The quantitative estimate of drug-likeness (QED) is 0.863. The highest BCUT2D eigenvalue weighted by atomic mass is 32.1. The van der Waals surface area contributed by atoms with Gasteiger partial charge in [-0.25, -0.2) is 0 Å². The fraction of sp³-hybridized carbons (Fsp3) is 0.600. The molecule has 2 fully saturated rings. The lowest BCUT2D eigenvalue weighted by Crippen LogP contribution is -2.46. The molecular weight excluding hydrogens is 316 g/mol. The number of piperidine rings is 1. The summed E-state index contributed by atoms with van der Waals surface area (Å²) in [6.07, 6.45) is 7.70. The summed E-state index contributed by atoms with van der Waals surface area (Å²) in [5.41, 5.74) is 0. The average molecular weight is 345 g/mol. The predicted octanol–water partition coefficient (Wildman–Crippen LogP) is 3.93. The van der Waals surface area contributed by atoms with Gasteiger partial charge in [-0.05, 0) is 56.3 Å². The molecular formula is C20H28N2OS. The Morgan fingerprint density at radius 2 is 1.88 bits per heavy atom. The number of benzene rings is 1. The number of fused-ring (bicyclic) bond motifs is 1. The van der Waals surface area contributed by atoms with Gasteiger partial charge in [-0.3, -0.25) is 0 Å². The van der Waals surface area contributed by atoms with Crippen molar-refractivity contribution < 1.29 is 5.11 Å². The van der Waals surface area contributed by atoms with Gasteiger partial charge in [0.25, 0.3) is 0 Å². The Balaban J connectivity index is 1.26. The first-order valence-corrected chi connectivity index (χ1v) is 10.3. The Bertz CT molecular complexity index is 623. The first-order valence-electron chi connectivity index (χ1n) is 9.43. The number of aliphatic hydroxyl groups is 1. The largest absolute Gasteiger partial charge is 0.386 e. The molecule has 1 aliphatic heterocycles. The van der Waals surface area contributed by atoms with E-state index in [1.807, 2.05) is 0 Å². The molecule has 24 heavy (non-hydrogen) atoms. The number of nitrogens with zero attached hydrogens (tertiary/aromatic N) is 1. The number of aliphatic hydroxyl groups excluding tert-OH is 1. The Morgan fingerprint density at radius 1 is 1.12 bits per heavy atom. The molecule has 0 bridgehead atoms. The van der Waals surface area contributed by atoms with Crippen LogP contribution in [0.3, 0.4) is 0 Å². The monoisotopic (exact) mass is 344 g/mol. The van der Waals surface area contributed by atoms with E-state index >= 15 is 0 Å². The van der Waals surface area contributed by atoms with Gasteiger partial charge < -0.3 is 15.3 Å². The van der Waals surface area contributed by atoms with Crippen LogP contribution in [-0.4, -0.2) is 41.7 Å². The fourth-order valence-corrected chi connectivity index (χ4v) is 5.33. The Kier molecular flexibility index (Phi) is 5.18. The summed E-state index contributed by atoms with van der Waals surface area (Å²) in [6.45, 7) is 3.11. The molecule has 3 nitrogen and oxygen atoms in total. The number of rotatable bonds is 5. The number of hydrogen-bond donors (Lipinski definition) is 2. The van der Waals surface area contributed by atoms with Crippen molar-refractivity contribution in [1.82, 2.24) is 10.2 Å². The standard InChI is InChI=1S/C20H28N2OS/c23-18(20-13-15-5-1-4-8-19(15)24-20)14-21-16-9-11-22(12-10-16)17-6-2-3-7-17/h1,4-5,8,13,16-18,21,23H,2-3,6-7,9-12,14H2. The van der Waals surface area contributed by atoms with Gasteiger partial charge in [-0.15, -0.1) is 11.3 Å². The topological polar surface area (TPSA) is 35.5 Å². The van der Waals surface area contributed by atoms with E-state index in [-0.39, 0.29) is 0 Å². The van der Waals surface area contributed by atoms with E-state index in [0.717, 1.165) is 10.9 Å². The molecule has 0 amide bonds. The van der Waals surface area contributed by atoms with E-state index in [2.05, 4.69) is 40.5 Å². The summed E-state index contributed by atoms with van der Waals surface area (Å²) in [5.74, 6) is 0. The number of nitrogens with one attached hydrogen (secondary N) is 1. The highest BCUT2D eigenvalue weighted by Crippen LogP contribution is 2.30. The average Bonchev–Trinajstić information content (AvgIpc) is 3.29. The minimum absolute atomic E-state index is 0.393. The third kappa shape index (κ3) is 3.67. The maximum Gasteiger partial charge on any atom is 0.101 e. The van der Waals surface area contributed by atoms with Crippen LogP contribution >= 0.6 is 11.3 Å². The van der Waals surface area contributed by atoms with Gasteiger partial charge in [0.1, 0.15) is 6.10 Å². The van der Waals surface area contributed by atoms with Gasteiger partial charge in [0.05, 0.1) is 0 Å². The van der Waals surface area contributed by atoms with Gasteiger partial charge in [0.2, 0.25) is 0 Å². The SMILES string of the molecule is OC(CNC1CCN(C2CCCC2)CC1)c1cc2ccccc2s1. The van der Waals surface area contributed by atoms with Gasteiger partial charge >= 0.3 is 0 Å². The molecule has 2 heterocycles. The normalized spacial score (nSPS) is 22.4. The van der Waals surface area contributed by atoms with Crippen LogP contribution in [0.1, 0.15) is 49.5 Å². The summed E-state index contributed by atoms with van der Waals surface area (Å²) < 4.78 is 1.26. The van der Waals surface area contributed by atoms with Crippen molar-refractivity contribution in [2.75, 3.05) is 19.6 Å². The van der Waals surface area contributed by atoms with E-state index < -0.39 is 6.10 Å². The molecule has 1 aromatic carbocycles. The molecule has 0 radical (unpaired) electrons. The summed E-state index contributed by atoms with van der Waals surface area (Å²) in [4.78, 5) is 3.78. The van der Waals surface area contributed by atoms with Crippen molar-refractivity contribution in [2.24, 2.45) is 0 Å². The number of hydrogen-bond acceptors (Lipinski definition) is 4. The van der Waals surface area contributed by atoms with Crippen molar-refractivity contribution >= 4 is 21.4 Å². The van der Waals surface area contributed by atoms with Gasteiger partial charge in [0, 0.05) is 28.2 Å². The highest BCUT2D eigenvalue weighted by molar-refractivity contribution is 7.19. The fourth-order valence-electron chi connectivity index (χ4n) is 4.28. The summed E-state index contributed by atoms with van der Waals surface area (Å²) in [7, 11) is 0. The van der Waals surface area contributed by atoms with E-state index in [9.17, 15) is 5.11 Å². The van der Waals surface area contributed by atoms with E-state index in [1.165, 1.54) is 61.7 Å². The van der Waals surface area contributed by atoms with Crippen LogP contribution < -0.4 is 5.32 Å². The highest BCUT2D eigenvalue weighted by Gasteiger charge is 2.27. The second-order valence-corrected chi connectivity index (χ2v) is 8.47. The Hall–Kier alpha value is -0.940. The lowest BCUT2D eigenvalue weighted by atomic mass is 10.0. The van der Waals surface area contributed by atoms with Crippen LogP contribution in [0.15, 0.2) is 30.3 Å². The van der Waals surface area contributed by atoms with Crippen LogP contribution in [0.4, 0.5) is 0 Å². The van der Waals surface area contributed by atoms with E-state index in [0.29, 0.717) is 12.6 Å². The number of thiophene rings is 1. The second kappa shape index (κ2) is 7.52. The summed E-state index contributed by atoms with van der Waals surface area (Å²) >= 11 is 1.71. The van der Waals surface area contributed by atoms with Crippen molar-refractivity contribution in [3.63, 3.8) is 0 Å². The molecule has 4 rings (SSSR count). The van der Waals surface area contributed by atoms with Gasteiger partial charge in [-0.2, -0.15) is 0 Å². The molecule has 2 N–H and O–H groups in total. The zero-order chi connectivity index (χ0) is 16.4. The first kappa shape index (κ1) is 16.5. The van der Waals surface area contributed by atoms with Crippen molar-refractivity contribution in [2.45, 2.75) is 56.7 Å².